The summed E-state index contributed by atoms with van der Waals surface area (Å²) in [6.45, 7) is 2.95. The van der Waals surface area contributed by atoms with Crippen LogP contribution in [0.5, 0.6) is 11.5 Å². The summed E-state index contributed by atoms with van der Waals surface area (Å²) < 4.78 is 10.6. The molecule has 0 saturated carbocycles. The summed E-state index contributed by atoms with van der Waals surface area (Å²) in [5, 5.41) is 3.80. The fourth-order valence-electron chi connectivity index (χ4n) is 2.99. The molecule has 0 saturated heterocycles. The van der Waals surface area contributed by atoms with Gasteiger partial charge in [-0.1, -0.05) is 12.1 Å². The minimum Gasteiger partial charge on any atom is -0.497 e. The molecule has 0 unspecified atom stereocenters. The Balaban J connectivity index is 1.56. The predicted molar refractivity (Wildman–Crippen MR) is 109 cm³/mol. The molecule has 1 amide bonds. The lowest BCUT2D eigenvalue weighted by atomic mass is 10.1. The smallest absolute Gasteiger partial charge is 0.251 e. The van der Waals surface area contributed by atoms with Gasteiger partial charge in [0.1, 0.15) is 11.5 Å². The summed E-state index contributed by atoms with van der Waals surface area (Å²) >= 11 is 0. The summed E-state index contributed by atoms with van der Waals surface area (Å²) in [5.74, 6) is 1.41. The molecule has 3 rings (SSSR count). The largest absolute Gasteiger partial charge is 0.497 e. The Hall–Kier alpha value is -3.28. The topological polar surface area (TPSA) is 80.4 Å². The molecule has 0 spiro atoms. The van der Waals surface area contributed by atoms with Crippen LogP contribution in [-0.4, -0.2) is 31.2 Å². The van der Waals surface area contributed by atoms with Crippen LogP contribution in [0.1, 0.15) is 18.1 Å². The number of nitrogens with one attached hydrogen (secondary N) is 2. The van der Waals surface area contributed by atoms with Gasteiger partial charge in [-0.05, 0) is 54.6 Å². The van der Waals surface area contributed by atoms with Crippen molar-refractivity contribution in [3.8, 4) is 11.5 Å². The second-order valence-electron chi connectivity index (χ2n) is 6.43. The summed E-state index contributed by atoms with van der Waals surface area (Å²) in [7, 11) is 1.59. The van der Waals surface area contributed by atoms with Crippen LogP contribution < -0.4 is 20.3 Å². The first kappa shape index (κ1) is 19.5. The quantitative estimate of drug-likeness (QED) is 0.630. The van der Waals surface area contributed by atoms with Gasteiger partial charge in [-0.3, -0.25) is 9.59 Å². The number of hydrogen-bond donors (Lipinski definition) is 2. The zero-order chi connectivity index (χ0) is 19.9. The fourth-order valence-corrected chi connectivity index (χ4v) is 2.99. The number of hydrogen-bond acceptors (Lipinski definition) is 4. The van der Waals surface area contributed by atoms with Gasteiger partial charge in [-0.15, -0.1) is 0 Å². The lowest BCUT2D eigenvalue weighted by molar-refractivity contribution is -0.120. The number of benzene rings is 2. The first-order valence-corrected chi connectivity index (χ1v) is 9.27. The molecule has 146 valence electrons. The van der Waals surface area contributed by atoms with Crippen molar-refractivity contribution in [1.29, 1.82) is 0 Å². The molecule has 2 aromatic carbocycles. The van der Waals surface area contributed by atoms with Gasteiger partial charge in [0.05, 0.1) is 25.7 Å². The van der Waals surface area contributed by atoms with Gasteiger partial charge in [0.25, 0.3) is 5.56 Å². The first-order chi connectivity index (χ1) is 13.6. The Labute approximate surface area is 163 Å². The van der Waals surface area contributed by atoms with E-state index in [2.05, 4.69) is 10.3 Å². The van der Waals surface area contributed by atoms with E-state index in [9.17, 15) is 9.59 Å². The third-order valence-corrected chi connectivity index (χ3v) is 4.45. The number of H-pyrrole nitrogens is 1. The van der Waals surface area contributed by atoms with E-state index >= 15 is 0 Å². The van der Waals surface area contributed by atoms with E-state index in [0.717, 1.165) is 22.2 Å². The van der Waals surface area contributed by atoms with E-state index in [1.807, 2.05) is 49.4 Å². The zero-order valence-electron chi connectivity index (χ0n) is 16.1. The lowest BCUT2D eigenvalue weighted by Gasteiger charge is -2.08. The van der Waals surface area contributed by atoms with E-state index < -0.39 is 0 Å². The molecule has 0 fully saturated rings. The molecule has 0 aliphatic carbocycles. The van der Waals surface area contributed by atoms with Crippen LogP contribution in [0.15, 0.2) is 53.3 Å². The number of amides is 1. The van der Waals surface area contributed by atoms with E-state index in [1.54, 1.807) is 13.2 Å². The maximum atomic E-state index is 12.3. The van der Waals surface area contributed by atoms with Gasteiger partial charge in [-0.25, -0.2) is 0 Å². The van der Waals surface area contributed by atoms with Crippen LogP contribution in [0.3, 0.4) is 0 Å². The van der Waals surface area contributed by atoms with Crippen molar-refractivity contribution >= 4 is 16.8 Å². The number of ether oxygens (including phenoxy) is 2. The number of fused-ring (bicyclic) bond motifs is 1. The minimum atomic E-state index is -0.151. The molecule has 0 atom stereocenters. The van der Waals surface area contributed by atoms with E-state index in [1.165, 1.54) is 0 Å². The zero-order valence-corrected chi connectivity index (χ0v) is 16.1. The van der Waals surface area contributed by atoms with Crippen molar-refractivity contribution in [1.82, 2.24) is 10.3 Å². The van der Waals surface area contributed by atoms with Crippen LogP contribution in [-0.2, 0) is 17.6 Å². The molecule has 1 aromatic heterocycles. The Kier molecular flexibility index (Phi) is 6.32. The highest BCUT2D eigenvalue weighted by atomic mass is 16.5. The monoisotopic (exact) mass is 380 g/mol. The summed E-state index contributed by atoms with van der Waals surface area (Å²) in [5.41, 5.74) is 2.13. The van der Waals surface area contributed by atoms with Crippen molar-refractivity contribution in [2.75, 3.05) is 20.3 Å². The van der Waals surface area contributed by atoms with Gasteiger partial charge in [0.15, 0.2) is 0 Å². The molecule has 0 aliphatic rings. The standard InChI is InChI=1S/C22H24N2O4/c1-3-28-18-7-4-15(5-8-18)12-21(25)23-11-10-17-13-16-6-9-19(27-2)14-20(16)24-22(17)26/h4-9,13-14H,3,10-12H2,1-2H3,(H,23,25)(H,24,26). The number of carbonyl (C=O) groups excluding carboxylic acids is 1. The molecule has 28 heavy (non-hydrogen) atoms. The summed E-state index contributed by atoms with van der Waals surface area (Å²) in [6.07, 6.45) is 0.757. The Morgan fingerprint density at radius 2 is 1.82 bits per heavy atom. The minimum absolute atomic E-state index is 0.0777. The highest BCUT2D eigenvalue weighted by Gasteiger charge is 2.07. The first-order valence-electron chi connectivity index (χ1n) is 9.27. The van der Waals surface area contributed by atoms with Crippen molar-refractivity contribution in [2.24, 2.45) is 0 Å². The predicted octanol–water partition coefficient (Wildman–Crippen LogP) is 2.84. The average Bonchev–Trinajstić information content (AvgIpc) is 2.69. The third kappa shape index (κ3) is 4.91. The van der Waals surface area contributed by atoms with Crippen LogP contribution >= 0.6 is 0 Å². The molecule has 1 heterocycles. The SMILES string of the molecule is CCOc1ccc(CC(=O)NCCc2cc3ccc(OC)cc3[nH]c2=O)cc1. The number of pyridine rings is 1. The maximum Gasteiger partial charge on any atom is 0.251 e. The van der Waals surface area contributed by atoms with Crippen LogP contribution in [0.2, 0.25) is 0 Å². The van der Waals surface area contributed by atoms with Gasteiger partial charge in [0.2, 0.25) is 5.91 Å². The van der Waals surface area contributed by atoms with Crippen LogP contribution in [0, 0.1) is 0 Å². The third-order valence-electron chi connectivity index (χ3n) is 4.45. The van der Waals surface area contributed by atoms with E-state index in [0.29, 0.717) is 37.3 Å². The van der Waals surface area contributed by atoms with Crippen molar-refractivity contribution in [3.05, 3.63) is 70.0 Å². The van der Waals surface area contributed by atoms with Gasteiger partial charge >= 0.3 is 0 Å². The van der Waals surface area contributed by atoms with Crippen molar-refractivity contribution in [2.45, 2.75) is 19.8 Å². The Morgan fingerprint density at radius 1 is 1.07 bits per heavy atom. The van der Waals surface area contributed by atoms with Crippen LogP contribution in [0.4, 0.5) is 0 Å². The molecule has 6 heteroatoms. The van der Waals surface area contributed by atoms with Gasteiger partial charge < -0.3 is 19.8 Å². The molecule has 0 radical (unpaired) electrons. The highest BCUT2D eigenvalue weighted by Crippen LogP contribution is 2.18. The maximum absolute atomic E-state index is 12.3. The lowest BCUT2D eigenvalue weighted by Crippen LogP contribution is -2.28. The van der Waals surface area contributed by atoms with Crippen molar-refractivity contribution < 1.29 is 14.3 Å². The Morgan fingerprint density at radius 3 is 2.54 bits per heavy atom. The van der Waals surface area contributed by atoms with E-state index in [-0.39, 0.29) is 11.5 Å². The molecular formula is C22H24N2O4. The normalized spacial score (nSPS) is 10.6. The van der Waals surface area contributed by atoms with E-state index in [4.69, 9.17) is 9.47 Å². The number of methoxy groups -OCH3 is 1. The average molecular weight is 380 g/mol. The highest BCUT2D eigenvalue weighted by molar-refractivity contribution is 5.80. The molecule has 0 bridgehead atoms. The molecule has 2 N–H and O–H groups in total. The molecule has 0 aliphatic heterocycles. The molecule has 6 nitrogen and oxygen atoms in total. The fraction of sp³-hybridized carbons (Fsp3) is 0.273. The molecular weight excluding hydrogens is 356 g/mol. The number of aromatic amines is 1. The number of rotatable bonds is 8. The van der Waals surface area contributed by atoms with Gasteiger partial charge in [0, 0.05) is 18.2 Å². The van der Waals surface area contributed by atoms with Gasteiger partial charge in [-0.2, -0.15) is 0 Å². The summed E-state index contributed by atoms with van der Waals surface area (Å²) in [4.78, 5) is 27.3. The summed E-state index contributed by atoms with van der Waals surface area (Å²) in [6, 6.07) is 14.9. The second kappa shape index (κ2) is 9.08. The van der Waals surface area contributed by atoms with Crippen molar-refractivity contribution in [3.63, 3.8) is 0 Å². The second-order valence-corrected chi connectivity index (χ2v) is 6.43. The molecule has 3 aromatic rings. The number of aromatic nitrogens is 1. The number of carbonyl (C=O) groups is 1. The Bertz CT molecular complexity index is 1010. The van der Waals surface area contributed by atoms with Crippen LogP contribution in [0.25, 0.3) is 10.9 Å².